The van der Waals surface area contributed by atoms with Crippen LogP contribution < -0.4 is 4.74 Å². The Morgan fingerprint density at radius 1 is 1.36 bits per heavy atom. The van der Waals surface area contributed by atoms with Crippen LogP contribution in [0.2, 0.25) is 5.02 Å². The number of halogens is 2. The number of carbonyl (C=O) groups is 1. The lowest BCUT2D eigenvalue weighted by molar-refractivity contribution is 0.0754. The molecule has 0 aliphatic carbocycles. The molecule has 0 unspecified atom stereocenters. The first kappa shape index (κ1) is 25.1. The molecule has 3 aromatic heterocycles. The van der Waals surface area contributed by atoms with E-state index in [1.807, 2.05) is 6.92 Å². The van der Waals surface area contributed by atoms with Crippen LogP contribution in [0.4, 0.5) is 0 Å². The lowest BCUT2D eigenvalue weighted by Gasteiger charge is -2.20. The van der Waals surface area contributed by atoms with Crippen LogP contribution in [0.15, 0.2) is 35.6 Å². The highest BCUT2D eigenvalue weighted by Gasteiger charge is 2.21. The van der Waals surface area contributed by atoms with Crippen LogP contribution in [0, 0.1) is 0 Å². The molecule has 0 radical (unpaired) electrons. The van der Waals surface area contributed by atoms with Crippen LogP contribution in [-0.4, -0.2) is 64.3 Å². The molecule has 0 aliphatic rings. The molecule has 3 rings (SSSR count). The third-order valence-electron chi connectivity index (χ3n) is 4.78. The molecule has 0 saturated heterocycles. The van der Waals surface area contributed by atoms with Gasteiger partial charge in [-0.05, 0) is 53.9 Å². The number of fused-ring (bicyclic) bond motifs is 1. The predicted molar refractivity (Wildman–Crippen MR) is 131 cm³/mol. The van der Waals surface area contributed by atoms with E-state index >= 15 is 0 Å². The summed E-state index contributed by atoms with van der Waals surface area (Å²) in [6, 6.07) is 4.78. The van der Waals surface area contributed by atoms with E-state index in [2.05, 4.69) is 37.6 Å². The average molecular weight is 557 g/mol. The molecule has 33 heavy (non-hydrogen) atoms. The minimum Gasteiger partial charge on any atom is -0.477 e. The van der Waals surface area contributed by atoms with E-state index in [0.717, 1.165) is 15.9 Å². The third-order valence-corrected chi connectivity index (χ3v) is 6.43. The molecule has 0 aliphatic heterocycles. The molecule has 0 fully saturated rings. The zero-order valence-corrected chi connectivity index (χ0v) is 21.3. The SMILES string of the molecule is C=Cc1cc(Cl)cnc1OCCCCN(CC)C(=O)c1ccc2c(n1)c(Br)nn2S(C)(=O)=O. The van der Waals surface area contributed by atoms with Crippen LogP contribution in [0.1, 0.15) is 35.8 Å². The number of rotatable bonds is 10. The first-order valence-corrected chi connectivity index (χ1v) is 13.1. The summed E-state index contributed by atoms with van der Waals surface area (Å²) in [6.45, 7) is 7.07. The van der Waals surface area contributed by atoms with Gasteiger partial charge < -0.3 is 9.64 Å². The Labute approximate surface area is 205 Å². The lowest BCUT2D eigenvalue weighted by atomic mass is 10.2. The summed E-state index contributed by atoms with van der Waals surface area (Å²) in [5.74, 6) is 0.225. The van der Waals surface area contributed by atoms with Gasteiger partial charge in [-0.3, -0.25) is 4.79 Å². The highest BCUT2D eigenvalue weighted by atomic mass is 79.9. The number of pyridine rings is 2. The van der Waals surface area contributed by atoms with Gasteiger partial charge in [-0.2, -0.15) is 4.09 Å². The van der Waals surface area contributed by atoms with Crippen molar-refractivity contribution >= 4 is 60.6 Å². The summed E-state index contributed by atoms with van der Waals surface area (Å²) >= 11 is 9.15. The number of hydrogen-bond acceptors (Lipinski definition) is 7. The smallest absolute Gasteiger partial charge is 0.272 e. The summed E-state index contributed by atoms with van der Waals surface area (Å²) in [5.41, 5.74) is 1.55. The van der Waals surface area contributed by atoms with Crippen LogP contribution in [0.3, 0.4) is 0 Å². The van der Waals surface area contributed by atoms with Gasteiger partial charge in [0.1, 0.15) is 16.7 Å². The van der Waals surface area contributed by atoms with Gasteiger partial charge in [-0.15, -0.1) is 5.10 Å². The van der Waals surface area contributed by atoms with Crippen molar-refractivity contribution in [1.82, 2.24) is 24.1 Å². The summed E-state index contributed by atoms with van der Waals surface area (Å²) < 4.78 is 30.7. The number of unbranched alkanes of at least 4 members (excludes halogenated alkanes) is 1. The molecular weight excluding hydrogens is 534 g/mol. The molecule has 1 amide bonds. The van der Waals surface area contributed by atoms with Crippen LogP contribution in [0.5, 0.6) is 5.88 Å². The second-order valence-electron chi connectivity index (χ2n) is 7.15. The third kappa shape index (κ3) is 5.90. The van der Waals surface area contributed by atoms with Gasteiger partial charge in [-0.25, -0.2) is 18.4 Å². The van der Waals surface area contributed by atoms with E-state index in [-0.39, 0.29) is 16.2 Å². The van der Waals surface area contributed by atoms with Gasteiger partial charge in [-0.1, -0.05) is 24.3 Å². The minimum absolute atomic E-state index is 0.218. The number of nitrogens with zero attached hydrogens (tertiary/aromatic N) is 5. The highest BCUT2D eigenvalue weighted by Crippen LogP contribution is 2.24. The normalized spacial score (nSPS) is 11.5. The minimum atomic E-state index is -3.60. The molecule has 0 saturated carbocycles. The van der Waals surface area contributed by atoms with E-state index in [0.29, 0.717) is 54.5 Å². The molecular formula is C21H23BrClN5O4S. The molecule has 3 aromatic rings. The molecule has 3 heterocycles. The summed E-state index contributed by atoms with van der Waals surface area (Å²) in [7, 11) is -3.60. The van der Waals surface area contributed by atoms with Gasteiger partial charge in [0.25, 0.3) is 15.9 Å². The van der Waals surface area contributed by atoms with Crippen LogP contribution >= 0.6 is 27.5 Å². The van der Waals surface area contributed by atoms with Crippen molar-refractivity contribution < 1.29 is 17.9 Å². The van der Waals surface area contributed by atoms with E-state index in [4.69, 9.17) is 16.3 Å². The van der Waals surface area contributed by atoms with Crippen molar-refractivity contribution in [3.8, 4) is 5.88 Å². The maximum atomic E-state index is 13.0. The molecule has 0 atom stereocenters. The fourth-order valence-electron chi connectivity index (χ4n) is 3.16. The average Bonchev–Trinajstić information content (AvgIpc) is 3.13. The van der Waals surface area contributed by atoms with Crippen molar-refractivity contribution in [1.29, 1.82) is 0 Å². The number of aromatic nitrogens is 4. The summed E-state index contributed by atoms with van der Waals surface area (Å²) in [4.78, 5) is 23.2. The first-order valence-electron chi connectivity index (χ1n) is 10.1. The van der Waals surface area contributed by atoms with E-state index in [1.165, 1.54) is 18.3 Å². The Morgan fingerprint density at radius 3 is 2.79 bits per heavy atom. The topological polar surface area (TPSA) is 107 Å². The largest absolute Gasteiger partial charge is 0.477 e. The zero-order valence-electron chi connectivity index (χ0n) is 18.2. The van der Waals surface area contributed by atoms with Crippen molar-refractivity contribution in [2.75, 3.05) is 26.0 Å². The monoisotopic (exact) mass is 555 g/mol. The second kappa shape index (κ2) is 10.6. The van der Waals surface area contributed by atoms with Gasteiger partial charge in [0.05, 0.1) is 17.9 Å². The fourth-order valence-corrected chi connectivity index (χ4v) is 4.62. The van der Waals surface area contributed by atoms with Crippen molar-refractivity contribution in [3.63, 3.8) is 0 Å². The summed E-state index contributed by atoms with van der Waals surface area (Å²) in [5, 5.41) is 4.48. The van der Waals surface area contributed by atoms with Crippen molar-refractivity contribution in [2.45, 2.75) is 19.8 Å². The molecule has 0 N–H and O–H groups in total. The summed E-state index contributed by atoms with van der Waals surface area (Å²) in [6.07, 6.45) is 5.63. The Morgan fingerprint density at radius 2 is 2.12 bits per heavy atom. The van der Waals surface area contributed by atoms with E-state index in [1.54, 1.807) is 17.0 Å². The molecule has 12 heteroatoms. The maximum absolute atomic E-state index is 13.0. The van der Waals surface area contributed by atoms with Gasteiger partial charge in [0.2, 0.25) is 5.88 Å². The van der Waals surface area contributed by atoms with E-state index in [9.17, 15) is 13.2 Å². The standard InChI is InChI=1S/C21H23BrClN5O4S/c1-4-14-12-15(23)13-24-20(14)32-11-7-6-10-27(5-2)21(29)16-8-9-17-18(25-16)19(22)26-28(17)33(3,30)31/h4,8-9,12-13H,1,5-7,10-11H2,2-3H3. The highest BCUT2D eigenvalue weighted by molar-refractivity contribution is 9.10. The number of carbonyl (C=O) groups excluding carboxylic acids is 1. The first-order chi connectivity index (χ1) is 15.7. The molecule has 0 aromatic carbocycles. The number of hydrogen-bond donors (Lipinski definition) is 0. The Bertz CT molecular complexity index is 1300. The molecule has 0 bridgehead atoms. The fraction of sp³-hybridized carbons (Fsp3) is 0.333. The van der Waals surface area contributed by atoms with Gasteiger partial charge in [0, 0.05) is 24.8 Å². The number of amides is 1. The quantitative estimate of drug-likeness (QED) is 0.347. The van der Waals surface area contributed by atoms with Gasteiger partial charge in [0.15, 0.2) is 4.60 Å². The lowest BCUT2D eigenvalue weighted by Crippen LogP contribution is -2.32. The second-order valence-corrected chi connectivity index (χ2v) is 10.2. The van der Waals surface area contributed by atoms with Crippen LogP contribution in [0.25, 0.3) is 17.1 Å². The Kier molecular flexibility index (Phi) is 8.09. The molecule has 9 nitrogen and oxygen atoms in total. The zero-order chi connectivity index (χ0) is 24.2. The van der Waals surface area contributed by atoms with E-state index < -0.39 is 10.0 Å². The number of ether oxygens (including phenoxy) is 1. The Hall–Kier alpha value is -2.50. The van der Waals surface area contributed by atoms with Crippen molar-refractivity contribution in [2.24, 2.45) is 0 Å². The van der Waals surface area contributed by atoms with Gasteiger partial charge >= 0.3 is 0 Å². The van der Waals surface area contributed by atoms with Crippen LogP contribution in [-0.2, 0) is 10.0 Å². The Balaban J connectivity index is 1.61. The van der Waals surface area contributed by atoms with Crippen molar-refractivity contribution in [3.05, 3.63) is 51.9 Å². The molecule has 176 valence electrons. The molecule has 0 spiro atoms. The predicted octanol–water partition coefficient (Wildman–Crippen LogP) is 4.01. The maximum Gasteiger partial charge on any atom is 0.272 e.